The summed E-state index contributed by atoms with van der Waals surface area (Å²) in [4.78, 5) is 17.0. The van der Waals surface area contributed by atoms with E-state index >= 15 is 0 Å². The Balaban J connectivity index is 1.92. The van der Waals surface area contributed by atoms with Crippen molar-refractivity contribution in [2.45, 2.75) is 13.5 Å². The van der Waals surface area contributed by atoms with Gasteiger partial charge in [0.2, 0.25) is 0 Å². The molecule has 0 radical (unpaired) electrons. The molecule has 2 heterocycles. The minimum absolute atomic E-state index is 0.142. The van der Waals surface area contributed by atoms with Crippen molar-refractivity contribution < 1.29 is 13.9 Å². The molecule has 0 aromatic carbocycles. The van der Waals surface area contributed by atoms with E-state index in [0.717, 1.165) is 10.9 Å². The van der Waals surface area contributed by atoms with Gasteiger partial charge < -0.3 is 19.8 Å². The quantitative estimate of drug-likeness (QED) is 0.764. The molecule has 2 aromatic rings. The van der Waals surface area contributed by atoms with Crippen LogP contribution in [0.3, 0.4) is 0 Å². The van der Waals surface area contributed by atoms with E-state index in [2.05, 4.69) is 15.6 Å². The second-order valence-corrected chi connectivity index (χ2v) is 5.11. The van der Waals surface area contributed by atoms with Crippen LogP contribution in [0.5, 0.6) is 0 Å². The Bertz CT molecular complexity index is 551. The lowest BCUT2D eigenvalue weighted by Gasteiger charge is -2.01. The van der Waals surface area contributed by atoms with E-state index in [0.29, 0.717) is 30.3 Å². The first-order valence-electron chi connectivity index (χ1n) is 6.21. The largest absolute Gasteiger partial charge is 0.467 e. The standard InChI is InChI=1S/C13H17N3O3S/c1-9-11(20-13(16-9)14-5-7-18-2)12(17)15-8-10-4-3-6-19-10/h3-4,6H,5,7-8H2,1-2H3,(H,14,16)(H,15,17). The SMILES string of the molecule is COCCNc1nc(C)c(C(=O)NCc2ccco2)s1. The predicted molar refractivity (Wildman–Crippen MR) is 77.1 cm³/mol. The van der Waals surface area contributed by atoms with Gasteiger partial charge in [-0.15, -0.1) is 0 Å². The van der Waals surface area contributed by atoms with Crippen molar-refractivity contribution in [3.8, 4) is 0 Å². The lowest BCUT2D eigenvalue weighted by atomic mass is 10.3. The summed E-state index contributed by atoms with van der Waals surface area (Å²) in [5.41, 5.74) is 0.715. The van der Waals surface area contributed by atoms with Gasteiger partial charge in [0.05, 0.1) is 25.1 Å². The van der Waals surface area contributed by atoms with E-state index in [1.807, 2.05) is 13.0 Å². The zero-order valence-corrected chi connectivity index (χ0v) is 12.3. The van der Waals surface area contributed by atoms with Gasteiger partial charge in [-0.05, 0) is 19.1 Å². The van der Waals surface area contributed by atoms with Crippen LogP contribution < -0.4 is 10.6 Å². The first kappa shape index (κ1) is 14.5. The molecule has 0 bridgehead atoms. The summed E-state index contributed by atoms with van der Waals surface area (Å²) in [6.07, 6.45) is 1.58. The molecule has 2 aromatic heterocycles. The van der Waals surface area contributed by atoms with Crippen molar-refractivity contribution in [3.63, 3.8) is 0 Å². The Morgan fingerprint density at radius 2 is 2.40 bits per heavy atom. The molecule has 0 aliphatic heterocycles. The Morgan fingerprint density at radius 3 is 3.10 bits per heavy atom. The first-order chi connectivity index (χ1) is 9.70. The molecule has 0 aliphatic rings. The van der Waals surface area contributed by atoms with Crippen LogP contribution in [-0.2, 0) is 11.3 Å². The second-order valence-electron chi connectivity index (χ2n) is 4.12. The van der Waals surface area contributed by atoms with Crippen LogP contribution in [0.4, 0.5) is 5.13 Å². The van der Waals surface area contributed by atoms with Gasteiger partial charge in [-0.3, -0.25) is 4.79 Å². The maximum absolute atomic E-state index is 12.1. The molecule has 0 aliphatic carbocycles. The smallest absolute Gasteiger partial charge is 0.263 e. The summed E-state index contributed by atoms with van der Waals surface area (Å²) < 4.78 is 10.1. The van der Waals surface area contributed by atoms with E-state index in [9.17, 15) is 4.79 Å². The summed E-state index contributed by atoms with van der Waals surface area (Å²) in [6, 6.07) is 3.61. The second kappa shape index (κ2) is 7.06. The molecule has 20 heavy (non-hydrogen) atoms. The first-order valence-corrected chi connectivity index (χ1v) is 7.03. The van der Waals surface area contributed by atoms with Gasteiger partial charge in [0.15, 0.2) is 5.13 Å². The van der Waals surface area contributed by atoms with Crippen LogP contribution in [0.1, 0.15) is 21.1 Å². The molecule has 2 N–H and O–H groups in total. The van der Waals surface area contributed by atoms with Gasteiger partial charge in [-0.1, -0.05) is 11.3 Å². The molecule has 108 valence electrons. The minimum atomic E-state index is -0.142. The number of ether oxygens (including phenoxy) is 1. The van der Waals surface area contributed by atoms with Crippen LogP contribution >= 0.6 is 11.3 Å². The van der Waals surface area contributed by atoms with Crippen LogP contribution in [0.15, 0.2) is 22.8 Å². The zero-order chi connectivity index (χ0) is 14.4. The molecule has 6 nitrogen and oxygen atoms in total. The molecular formula is C13H17N3O3S. The molecule has 0 saturated carbocycles. The number of rotatable bonds is 7. The highest BCUT2D eigenvalue weighted by Crippen LogP contribution is 2.22. The fourth-order valence-electron chi connectivity index (χ4n) is 1.60. The third kappa shape index (κ3) is 3.82. The lowest BCUT2D eigenvalue weighted by Crippen LogP contribution is -2.22. The molecule has 0 fully saturated rings. The third-order valence-corrected chi connectivity index (χ3v) is 3.70. The third-order valence-electron chi connectivity index (χ3n) is 2.59. The summed E-state index contributed by atoms with van der Waals surface area (Å²) >= 11 is 1.33. The summed E-state index contributed by atoms with van der Waals surface area (Å²) in [7, 11) is 1.64. The summed E-state index contributed by atoms with van der Waals surface area (Å²) in [5.74, 6) is 0.579. The molecular weight excluding hydrogens is 278 g/mol. The van der Waals surface area contributed by atoms with Crippen molar-refractivity contribution in [1.82, 2.24) is 10.3 Å². The Morgan fingerprint density at radius 1 is 1.55 bits per heavy atom. The Hall–Kier alpha value is -1.86. The maximum atomic E-state index is 12.1. The molecule has 0 spiro atoms. The number of hydrogen-bond donors (Lipinski definition) is 2. The van der Waals surface area contributed by atoms with Gasteiger partial charge >= 0.3 is 0 Å². The number of thiazole rings is 1. The number of carbonyl (C=O) groups excluding carboxylic acids is 1. The highest BCUT2D eigenvalue weighted by Gasteiger charge is 2.15. The van der Waals surface area contributed by atoms with Crippen molar-refractivity contribution in [2.75, 3.05) is 25.6 Å². The van der Waals surface area contributed by atoms with Gasteiger partial charge in [0.25, 0.3) is 5.91 Å². The number of carbonyl (C=O) groups is 1. The van der Waals surface area contributed by atoms with E-state index < -0.39 is 0 Å². The van der Waals surface area contributed by atoms with E-state index in [1.165, 1.54) is 11.3 Å². The van der Waals surface area contributed by atoms with Crippen LogP contribution in [0.2, 0.25) is 0 Å². The molecule has 0 atom stereocenters. The Kier molecular flexibility index (Phi) is 5.14. The van der Waals surface area contributed by atoms with Crippen molar-refractivity contribution in [3.05, 3.63) is 34.7 Å². The van der Waals surface area contributed by atoms with Gasteiger partial charge in [0.1, 0.15) is 10.6 Å². The zero-order valence-electron chi connectivity index (χ0n) is 11.4. The molecule has 7 heteroatoms. The molecule has 1 amide bonds. The molecule has 2 rings (SSSR count). The number of methoxy groups -OCH3 is 1. The lowest BCUT2D eigenvalue weighted by molar-refractivity contribution is 0.0951. The number of nitrogens with one attached hydrogen (secondary N) is 2. The summed E-state index contributed by atoms with van der Waals surface area (Å²) in [6.45, 7) is 3.45. The normalized spacial score (nSPS) is 10.5. The number of amides is 1. The molecule has 0 unspecified atom stereocenters. The van der Waals surface area contributed by atoms with Crippen molar-refractivity contribution >= 4 is 22.4 Å². The van der Waals surface area contributed by atoms with E-state index in [1.54, 1.807) is 19.4 Å². The fourth-order valence-corrected chi connectivity index (χ4v) is 2.51. The average molecular weight is 295 g/mol. The van der Waals surface area contributed by atoms with Crippen molar-refractivity contribution in [1.29, 1.82) is 0 Å². The molecule has 0 saturated heterocycles. The highest BCUT2D eigenvalue weighted by atomic mass is 32.1. The van der Waals surface area contributed by atoms with E-state index in [4.69, 9.17) is 9.15 Å². The topological polar surface area (TPSA) is 76.4 Å². The monoisotopic (exact) mass is 295 g/mol. The number of hydrogen-bond acceptors (Lipinski definition) is 6. The number of anilines is 1. The predicted octanol–water partition coefficient (Wildman–Crippen LogP) is 2.03. The number of nitrogens with zero attached hydrogens (tertiary/aromatic N) is 1. The van der Waals surface area contributed by atoms with Gasteiger partial charge in [-0.2, -0.15) is 0 Å². The van der Waals surface area contributed by atoms with Crippen LogP contribution in [-0.4, -0.2) is 31.2 Å². The average Bonchev–Trinajstić information content (AvgIpc) is 3.06. The Labute approximate surface area is 121 Å². The minimum Gasteiger partial charge on any atom is -0.467 e. The van der Waals surface area contributed by atoms with E-state index in [-0.39, 0.29) is 5.91 Å². The van der Waals surface area contributed by atoms with Crippen LogP contribution in [0, 0.1) is 6.92 Å². The van der Waals surface area contributed by atoms with Gasteiger partial charge in [-0.25, -0.2) is 4.98 Å². The number of aryl methyl sites for hydroxylation is 1. The number of aromatic nitrogens is 1. The van der Waals surface area contributed by atoms with Gasteiger partial charge in [0, 0.05) is 13.7 Å². The van der Waals surface area contributed by atoms with Crippen LogP contribution in [0.25, 0.3) is 0 Å². The highest BCUT2D eigenvalue weighted by molar-refractivity contribution is 7.17. The summed E-state index contributed by atoms with van der Waals surface area (Å²) in [5, 5.41) is 6.65. The number of furan rings is 1. The maximum Gasteiger partial charge on any atom is 0.263 e. The van der Waals surface area contributed by atoms with Crippen molar-refractivity contribution in [2.24, 2.45) is 0 Å². The fraction of sp³-hybridized carbons (Fsp3) is 0.385.